The zero-order chi connectivity index (χ0) is 9.84. The Balaban J connectivity index is 2.74. The van der Waals surface area contributed by atoms with Crippen LogP contribution in [-0.2, 0) is 4.79 Å². The number of nitrogens with zero attached hydrogens (tertiary/aromatic N) is 1. The number of amides is 2. The van der Waals surface area contributed by atoms with E-state index in [1.165, 1.54) is 25.3 Å². The molecule has 2 N–H and O–H groups in total. The molecule has 0 fully saturated rings. The minimum absolute atomic E-state index is 0.196. The summed E-state index contributed by atoms with van der Waals surface area (Å²) in [6.07, 6.45) is 0. The van der Waals surface area contributed by atoms with Crippen LogP contribution in [0.15, 0.2) is 5.38 Å². The molecule has 6 heteroatoms. The van der Waals surface area contributed by atoms with Gasteiger partial charge in [0, 0.05) is 19.4 Å². The van der Waals surface area contributed by atoms with Crippen LogP contribution in [0.4, 0.5) is 5.13 Å². The summed E-state index contributed by atoms with van der Waals surface area (Å²) in [6, 6.07) is 0. The first-order chi connectivity index (χ1) is 6.13. The molecule has 0 aromatic carbocycles. The van der Waals surface area contributed by atoms with Gasteiger partial charge in [-0.3, -0.25) is 9.59 Å². The second-order valence-electron chi connectivity index (χ2n) is 2.30. The van der Waals surface area contributed by atoms with E-state index in [9.17, 15) is 9.59 Å². The number of hydrogen-bond donors (Lipinski definition) is 2. The average Bonchev–Trinajstić information content (AvgIpc) is 2.50. The van der Waals surface area contributed by atoms with Gasteiger partial charge >= 0.3 is 0 Å². The maximum Gasteiger partial charge on any atom is 0.270 e. The number of aromatic nitrogens is 1. The van der Waals surface area contributed by atoms with Crippen LogP contribution in [0.1, 0.15) is 17.4 Å². The van der Waals surface area contributed by atoms with Crippen molar-refractivity contribution in [1.29, 1.82) is 0 Å². The SMILES string of the molecule is CNC(=O)c1csc(NC(C)=O)n1. The molecule has 0 aliphatic heterocycles. The molecule has 0 atom stereocenters. The van der Waals surface area contributed by atoms with E-state index in [1.54, 1.807) is 5.38 Å². The van der Waals surface area contributed by atoms with Crippen molar-refractivity contribution in [1.82, 2.24) is 10.3 Å². The van der Waals surface area contributed by atoms with Crippen molar-refractivity contribution >= 4 is 28.3 Å². The van der Waals surface area contributed by atoms with Crippen LogP contribution in [0, 0.1) is 0 Å². The first-order valence-corrected chi connectivity index (χ1v) is 4.46. The summed E-state index contributed by atoms with van der Waals surface area (Å²) in [7, 11) is 1.53. The van der Waals surface area contributed by atoms with Crippen LogP contribution >= 0.6 is 11.3 Å². The van der Waals surface area contributed by atoms with Crippen molar-refractivity contribution in [3.63, 3.8) is 0 Å². The summed E-state index contributed by atoms with van der Waals surface area (Å²) in [6.45, 7) is 1.39. The largest absolute Gasteiger partial charge is 0.354 e. The Morgan fingerprint density at radius 1 is 1.54 bits per heavy atom. The molecule has 70 valence electrons. The Morgan fingerprint density at radius 2 is 2.23 bits per heavy atom. The van der Waals surface area contributed by atoms with Gasteiger partial charge < -0.3 is 10.6 Å². The summed E-state index contributed by atoms with van der Waals surface area (Å²) in [5.74, 6) is -0.453. The molecule has 0 aliphatic rings. The van der Waals surface area contributed by atoms with Gasteiger partial charge in [0.1, 0.15) is 5.69 Å². The van der Waals surface area contributed by atoms with E-state index >= 15 is 0 Å². The molecule has 1 aromatic rings. The summed E-state index contributed by atoms with van der Waals surface area (Å²) in [4.78, 5) is 25.5. The van der Waals surface area contributed by atoms with Gasteiger partial charge in [0.25, 0.3) is 5.91 Å². The van der Waals surface area contributed by atoms with Crippen molar-refractivity contribution < 1.29 is 9.59 Å². The number of thiazole rings is 1. The van der Waals surface area contributed by atoms with Gasteiger partial charge in [-0.25, -0.2) is 4.98 Å². The van der Waals surface area contributed by atoms with Gasteiger partial charge in [0.15, 0.2) is 5.13 Å². The molecule has 0 bridgehead atoms. The molecule has 2 amide bonds. The highest BCUT2D eigenvalue weighted by Crippen LogP contribution is 2.14. The Morgan fingerprint density at radius 3 is 2.77 bits per heavy atom. The topological polar surface area (TPSA) is 71.1 Å². The van der Waals surface area contributed by atoms with Gasteiger partial charge in [-0.15, -0.1) is 11.3 Å². The van der Waals surface area contributed by atoms with E-state index in [4.69, 9.17) is 0 Å². The van der Waals surface area contributed by atoms with Crippen LogP contribution < -0.4 is 10.6 Å². The summed E-state index contributed by atoms with van der Waals surface area (Å²) in [5.41, 5.74) is 0.316. The van der Waals surface area contributed by atoms with Crippen LogP contribution in [0.3, 0.4) is 0 Å². The fraction of sp³-hybridized carbons (Fsp3) is 0.286. The molecular formula is C7H9N3O2S. The quantitative estimate of drug-likeness (QED) is 0.727. The maximum atomic E-state index is 11.0. The van der Waals surface area contributed by atoms with Gasteiger partial charge in [-0.1, -0.05) is 0 Å². The molecule has 1 rings (SSSR count). The van der Waals surface area contributed by atoms with E-state index < -0.39 is 0 Å². The van der Waals surface area contributed by atoms with Crippen molar-refractivity contribution in [2.75, 3.05) is 12.4 Å². The Hall–Kier alpha value is -1.43. The minimum atomic E-state index is -0.257. The zero-order valence-corrected chi connectivity index (χ0v) is 8.07. The number of nitrogens with one attached hydrogen (secondary N) is 2. The highest BCUT2D eigenvalue weighted by Gasteiger charge is 2.08. The van der Waals surface area contributed by atoms with Crippen LogP contribution in [0.5, 0.6) is 0 Å². The lowest BCUT2D eigenvalue weighted by Gasteiger charge is -1.93. The fourth-order valence-electron chi connectivity index (χ4n) is 0.714. The third-order valence-corrected chi connectivity index (χ3v) is 2.00. The number of carbonyl (C=O) groups is 2. The first-order valence-electron chi connectivity index (χ1n) is 3.58. The van der Waals surface area contributed by atoms with E-state index in [0.717, 1.165) is 0 Å². The molecule has 0 aliphatic carbocycles. The van der Waals surface area contributed by atoms with E-state index in [1.807, 2.05) is 0 Å². The molecule has 1 heterocycles. The van der Waals surface area contributed by atoms with Gasteiger partial charge in [0.2, 0.25) is 5.91 Å². The summed E-state index contributed by atoms with van der Waals surface area (Å²) < 4.78 is 0. The van der Waals surface area contributed by atoms with Crippen molar-refractivity contribution in [3.8, 4) is 0 Å². The molecule has 0 saturated carbocycles. The van der Waals surface area contributed by atoms with E-state index in [0.29, 0.717) is 10.8 Å². The van der Waals surface area contributed by atoms with Gasteiger partial charge in [0.05, 0.1) is 0 Å². The second kappa shape index (κ2) is 3.99. The third-order valence-electron chi connectivity index (χ3n) is 1.25. The second-order valence-corrected chi connectivity index (χ2v) is 3.16. The first kappa shape index (κ1) is 9.66. The maximum absolute atomic E-state index is 11.0. The van der Waals surface area contributed by atoms with E-state index in [-0.39, 0.29) is 11.8 Å². The highest BCUT2D eigenvalue weighted by atomic mass is 32.1. The smallest absolute Gasteiger partial charge is 0.270 e. The molecular weight excluding hydrogens is 190 g/mol. The van der Waals surface area contributed by atoms with Crippen LogP contribution in [0.25, 0.3) is 0 Å². The van der Waals surface area contributed by atoms with Gasteiger partial charge in [-0.2, -0.15) is 0 Å². The van der Waals surface area contributed by atoms with Crippen molar-refractivity contribution in [2.24, 2.45) is 0 Å². The Kier molecular flexibility index (Phi) is 2.97. The zero-order valence-electron chi connectivity index (χ0n) is 7.25. The van der Waals surface area contributed by atoms with Crippen molar-refractivity contribution in [3.05, 3.63) is 11.1 Å². The molecule has 0 spiro atoms. The molecule has 13 heavy (non-hydrogen) atoms. The number of rotatable bonds is 2. The lowest BCUT2D eigenvalue weighted by atomic mass is 10.5. The lowest BCUT2D eigenvalue weighted by molar-refractivity contribution is -0.114. The Labute approximate surface area is 79.2 Å². The molecule has 0 unspecified atom stereocenters. The Bertz CT molecular complexity index is 334. The number of carbonyl (C=O) groups excluding carboxylic acids is 2. The summed E-state index contributed by atoms with van der Waals surface area (Å²) >= 11 is 1.22. The summed E-state index contributed by atoms with van der Waals surface area (Å²) in [5, 5.41) is 6.96. The average molecular weight is 199 g/mol. The third kappa shape index (κ3) is 2.51. The molecule has 5 nitrogen and oxygen atoms in total. The normalized spacial score (nSPS) is 9.38. The predicted octanol–water partition coefficient (Wildman–Crippen LogP) is 0.461. The van der Waals surface area contributed by atoms with Crippen molar-refractivity contribution in [2.45, 2.75) is 6.92 Å². The fourth-order valence-corrected chi connectivity index (χ4v) is 1.45. The molecule has 1 aromatic heterocycles. The number of anilines is 1. The molecule has 0 radical (unpaired) electrons. The monoisotopic (exact) mass is 199 g/mol. The van der Waals surface area contributed by atoms with Crippen LogP contribution in [-0.4, -0.2) is 23.8 Å². The minimum Gasteiger partial charge on any atom is -0.354 e. The van der Waals surface area contributed by atoms with Gasteiger partial charge in [-0.05, 0) is 0 Å². The van der Waals surface area contributed by atoms with Crippen LogP contribution in [0.2, 0.25) is 0 Å². The predicted molar refractivity (Wildman–Crippen MR) is 49.8 cm³/mol. The van der Waals surface area contributed by atoms with E-state index in [2.05, 4.69) is 15.6 Å². The molecule has 0 saturated heterocycles. The number of hydrogen-bond acceptors (Lipinski definition) is 4. The lowest BCUT2D eigenvalue weighted by Crippen LogP contribution is -2.18. The standard InChI is InChI=1S/C7H9N3O2S/c1-4(11)9-7-10-5(3-13-7)6(12)8-2/h3H,1-2H3,(H,8,12)(H,9,10,11). The highest BCUT2D eigenvalue weighted by molar-refractivity contribution is 7.14.